The van der Waals surface area contributed by atoms with E-state index in [1.165, 1.54) is 4.48 Å². The van der Waals surface area contributed by atoms with Gasteiger partial charge < -0.3 is 31.8 Å². The number of sulfonamides is 2. The van der Waals surface area contributed by atoms with Gasteiger partial charge in [-0.1, -0.05) is 66.5 Å². The van der Waals surface area contributed by atoms with E-state index in [4.69, 9.17) is 28.6 Å². The molecule has 34 heteroatoms. The lowest BCUT2D eigenvalue weighted by atomic mass is 10.0. The molecule has 0 atom stereocenters. The van der Waals surface area contributed by atoms with E-state index in [1.54, 1.807) is 115 Å². The largest absolute Gasteiger partial charge is 0.743 e. The summed E-state index contributed by atoms with van der Waals surface area (Å²) in [6.45, 7) is 3.56. The Hall–Kier alpha value is -8.27. The summed E-state index contributed by atoms with van der Waals surface area (Å²) in [5, 5.41) is 8.59. The number of fused-ring (bicyclic) bond motifs is 5. The van der Waals surface area contributed by atoms with Gasteiger partial charge in [-0.3, -0.25) is 0 Å². The summed E-state index contributed by atoms with van der Waals surface area (Å²) in [7, 11) is -26.3. The second-order valence-electron chi connectivity index (χ2n) is 18.2. The quantitative estimate of drug-likeness (QED) is 0.0607. The molecule has 0 radical (unpaired) electrons. The highest BCUT2D eigenvalue weighted by molar-refractivity contribution is 8.05. The first-order chi connectivity index (χ1) is 39.0. The second-order valence-corrected chi connectivity index (χ2v) is 25.5. The number of aromatic nitrogens is 4. The molecule has 0 aliphatic carbocycles. The van der Waals surface area contributed by atoms with E-state index < -0.39 is 82.4 Å². The summed E-state index contributed by atoms with van der Waals surface area (Å²) in [5.41, 5.74) is -6.02. The molecule has 11 rings (SSSR count). The molecule has 0 spiro atoms. The van der Waals surface area contributed by atoms with Crippen LogP contribution >= 0.6 is 22.7 Å². The molecule has 6 heterocycles. The lowest BCUT2D eigenvalue weighted by molar-refractivity contribution is -0.245. The van der Waals surface area contributed by atoms with Gasteiger partial charge in [0.1, 0.15) is 62.0 Å². The minimum atomic E-state index is -8.08. The van der Waals surface area contributed by atoms with Crippen molar-refractivity contribution in [1.82, 2.24) is 23.1 Å². The molecule has 0 unspecified atom stereocenters. The van der Waals surface area contributed by atoms with Crippen molar-refractivity contribution in [2.45, 2.75) is 41.7 Å². The van der Waals surface area contributed by atoms with Crippen LogP contribution in [0.2, 0.25) is 0 Å². The fourth-order valence-electron chi connectivity index (χ4n) is 9.13. The number of nitrogens with one attached hydrogen (secondary N) is 1. The second kappa shape index (κ2) is 19.7. The number of nitriles is 2. The van der Waals surface area contributed by atoms with Crippen LogP contribution in [0.5, 0.6) is 28.7 Å². The molecule has 18 nitrogen and oxygen atoms in total. The first kappa shape index (κ1) is 56.6. The maximum absolute atomic E-state index is 15.5. The molecule has 0 amide bonds. The van der Waals surface area contributed by atoms with Crippen LogP contribution in [0.3, 0.4) is 0 Å². The lowest BCUT2D eigenvalue weighted by Gasteiger charge is -2.31. The summed E-state index contributed by atoms with van der Waals surface area (Å²) < 4.78 is 237. The molecule has 2 aliphatic heterocycles. The zero-order valence-electron chi connectivity index (χ0n) is 41.4. The Morgan fingerprint density at radius 2 is 1.01 bits per heavy atom. The predicted molar refractivity (Wildman–Crippen MR) is 283 cm³/mol. The Bertz CT molecular complexity index is 4560. The third-order valence-corrected chi connectivity index (χ3v) is 19.4. The van der Waals surface area contributed by atoms with Gasteiger partial charge in [0.05, 0.1) is 36.8 Å². The SMILES string of the molecule is CC(C)c1c2/c(=C(\C#N)c3nc4ccccc4s3)n(B3Oc4ccccc4O3)c(-c3ccc(OS(=O)(=O)C(F)(F)C(F)(F)C(F)(F)S(=O)(=O)NS(=O)(=O)C(F)(F)F)cc3)c2/c(=C(\C#N)c2nc3ccccc3s2)n1B1Oc2ccccc2O1. The van der Waals surface area contributed by atoms with Gasteiger partial charge in [0, 0.05) is 16.5 Å². The van der Waals surface area contributed by atoms with Crippen molar-refractivity contribution in [2.75, 3.05) is 0 Å². The molecular weight excluding hydrogens is 1220 g/mol. The van der Waals surface area contributed by atoms with Crippen molar-refractivity contribution in [3.05, 3.63) is 148 Å². The van der Waals surface area contributed by atoms with Gasteiger partial charge in [-0.25, -0.2) is 26.8 Å². The molecular formula is C49H28B2F9N7O11S5. The molecule has 83 heavy (non-hydrogen) atoms. The summed E-state index contributed by atoms with van der Waals surface area (Å²) in [4.78, 5) is 9.64. The van der Waals surface area contributed by atoms with E-state index >= 15 is 17.6 Å². The standard InChI is InChI=1S/C49H28B2F9N7O11S5/c1-25(2)40-38-39(43(66(40)50-74-32-13-5-6-14-33(32)75-50)29(24-62)45-64-31-12-4-10-18-37(31)80-45)41(67(51-76-34-15-7-8-16-35(34)77-51)42(38)28(23-61)44-63-30-11-3-9-17-36(30)79-44)26-19-21-27(22-20-26)78-83(72,73)48(56,57)46(52,53)47(54,55)81(68,69)65-82(70,71)49(58,59)60/h3-22,25,65H,1-2H3/b42-28-,43-29-. The number of rotatable bonds is 14. The van der Waals surface area contributed by atoms with Crippen molar-refractivity contribution < 1.29 is 87.6 Å². The summed E-state index contributed by atoms with van der Waals surface area (Å²) in [6, 6.07) is 34.4. The van der Waals surface area contributed by atoms with Gasteiger partial charge >= 0.3 is 56.6 Å². The normalized spacial score (nSPS) is 14.9. The zero-order valence-corrected chi connectivity index (χ0v) is 45.5. The first-order valence-electron chi connectivity index (χ1n) is 23.5. The topological polar surface area (TPSA) is 244 Å². The fraction of sp³-hybridized carbons (Fsp3) is 0.143. The van der Waals surface area contributed by atoms with Crippen molar-refractivity contribution in [3.63, 3.8) is 0 Å². The molecule has 424 valence electrons. The summed E-state index contributed by atoms with van der Waals surface area (Å²) in [6.07, 6.45) is 0. The lowest BCUT2D eigenvalue weighted by Crippen LogP contribution is -2.64. The highest BCUT2D eigenvalue weighted by atomic mass is 32.3. The first-order valence-corrected chi connectivity index (χ1v) is 29.5. The number of para-hydroxylation sites is 6. The Balaban J connectivity index is 1.20. The Morgan fingerprint density at radius 3 is 1.43 bits per heavy atom. The fourth-order valence-corrected chi connectivity index (χ4v) is 14.5. The minimum absolute atomic E-state index is 0.00616. The molecule has 0 bridgehead atoms. The van der Waals surface area contributed by atoms with Gasteiger partial charge in [0.15, 0.2) is 0 Å². The van der Waals surface area contributed by atoms with Crippen LogP contribution in [0.4, 0.5) is 39.5 Å². The van der Waals surface area contributed by atoms with Gasteiger partial charge in [-0.05, 0) is 84.3 Å². The van der Waals surface area contributed by atoms with Crippen LogP contribution in [-0.4, -0.2) is 80.6 Å². The number of benzene rings is 5. The average Bonchev–Trinajstić information content (AvgIpc) is 1.76. The van der Waals surface area contributed by atoms with Gasteiger partial charge in [0.2, 0.25) is 0 Å². The van der Waals surface area contributed by atoms with E-state index in [-0.39, 0.29) is 76.9 Å². The van der Waals surface area contributed by atoms with Crippen LogP contribution in [0.1, 0.15) is 35.5 Å². The molecule has 4 aromatic heterocycles. The third kappa shape index (κ3) is 8.96. The van der Waals surface area contributed by atoms with Crippen molar-refractivity contribution in [2.24, 2.45) is 0 Å². The Labute approximate surface area is 470 Å². The number of nitrogens with zero attached hydrogens (tertiary/aromatic N) is 6. The van der Waals surface area contributed by atoms with E-state index in [0.29, 0.717) is 38.3 Å². The molecule has 0 fully saturated rings. The number of thiazole rings is 2. The molecule has 1 N–H and O–H groups in total. The van der Waals surface area contributed by atoms with Gasteiger partial charge in [-0.15, -0.1) is 22.7 Å². The Morgan fingerprint density at radius 1 is 0.590 bits per heavy atom. The van der Waals surface area contributed by atoms with Crippen LogP contribution in [-0.2, 0) is 30.2 Å². The van der Waals surface area contributed by atoms with Crippen molar-refractivity contribution in [3.8, 4) is 52.1 Å². The maximum atomic E-state index is 15.5. The number of hydrogen-bond acceptors (Lipinski definition) is 17. The van der Waals surface area contributed by atoms with Crippen LogP contribution < -0.4 is 37.6 Å². The van der Waals surface area contributed by atoms with E-state index in [2.05, 4.69) is 16.3 Å². The third-order valence-electron chi connectivity index (χ3n) is 12.7. The summed E-state index contributed by atoms with van der Waals surface area (Å²) in [5.74, 6) is -8.89. The zero-order chi connectivity index (χ0) is 59.6. The van der Waals surface area contributed by atoms with Gasteiger partial charge in [-0.2, -0.15) is 58.5 Å². The number of hydrogen-bond donors (Lipinski definition) is 1. The van der Waals surface area contributed by atoms with Crippen LogP contribution in [0.15, 0.2) is 121 Å². The van der Waals surface area contributed by atoms with Crippen LogP contribution in [0, 0.1) is 22.7 Å². The smallest absolute Gasteiger partial charge is 0.503 e. The number of alkyl halides is 9. The molecule has 9 aromatic rings. The Kier molecular flexibility index (Phi) is 13.4. The van der Waals surface area contributed by atoms with E-state index in [1.807, 2.05) is 0 Å². The predicted octanol–water partition coefficient (Wildman–Crippen LogP) is 8.81. The molecule has 2 aliphatic rings. The van der Waals surface area contributed by atoms with Crippen LogP contribution in [0.25, 0.3) is 53.6 Å². The highest BCUT2D eigenvalue weighted by Crippen LogP contribution is 2.52. The van der Waals surface area contributed by atoms with E-state index in [9.17, 15) is 57.7 Å². The van der Waals surface area contributed by atoms with Gasteiger partial charge in [0.25, 0.3) is 10.0 Å². The molecule has 5 aromatic carbocycles. The maximum Gasteiger partial charge on any atom is 0.743 e. The average molecular weight is 1240 g/mol. The highest BCUT2D eigenvalue weighted by Gasteiger charge is 2.83. The summed E-state index contributed by atoms with van der Waals surface area (Å²) >= 11 is 2.23. The number of halogens is 9. The van der Waals surface area contributed by atoms with Crippen molar-refractivity contribution >= 4 is 110 Å². The minimum Gasteiger partial charge on any atom is -0.503 e. The van der Waals surface area contributed by atoms with Crippen molar-refractivity contribution in [1.29, 1.82) is 10.5 Å². The monoisotopic (exact) mass is 1240 g/mol. The molecule has 0 saturated carbocycles. The van der Waals surface area contributed by atoms with E-state index in [0.717, 1.165) is 34.8 Å². The molecule has 0 saturated heterocycles.